The van der Waals surface area contributed by atoms with Gasteiger partial charge in [0.25, 0.3) is 0 Å². The predicted octanol–water partition coefficient (Wildman–Crippen LogP) is 1.42. The number of hydrogen-bond donors (Lipinski definition) is 1. The van der Waals surface area contributed by atoms with Crippen LogP contribution in [0.3, 0.4) is 0 Å². The van der Waals surface area contributed by atoms with E-state index in [9.17, 15) is 4.79 Å². The number of carbonyl (C=O) groups excluding carboxylic acids is 1. The van der Waals surface area contributed by atoms with Crippen LogP contribution in [0, 0.1) is 0 Å². The minimum Gasteiger partial charge on any atom is -0.462 e. The van der Waals surface area contributed by atoms with Gasteiger partial charge in [-0.05, 0) is 23.9 Å². The molecule has 0 bridgehead atoms. The topological polar surface area (TPSA) is 46.5 Å². The molecular weight excluding hydrogens is 176 g/mol. The summed E-state index contributed by atoms with van der Waals surface area (Å²) in [6.07, 6.45) is 0. The lowest BCUT2D eigenvalue weighted by atomic mass is 10.3. The molecule has 3 nitrogen and oxygen atoms in total. The maximum absolute atomic E-state index is 11.1. The van der Waals surface area contributed by atoms with Gasteiger partial charge >= 0.3 is 5.97 Å². The summed E-state index contributed by atoms with van der Waals surface area (Å²) in [5.41, 5.74) is 0.753. The van der Waals surface area contributed by atoms with Crippen molar-refractivity contribution >= 4 is 17.3 Å². The van der Waals surface area contributed by atoms with Crippen LogP contribution in [0.15, 0.2) is 11.4 Å². The van der Waals surface area contributed by atoms with Gasteiger partial charge in [-0.25, -0.2) is 4.79 Å². The Hall–Kier alpha value is -0.870. The average Bonchev–Trinajstić information content (AvgIpc) is 2.52. The molecule has 0 amide bonds. The van der Waals surface area contributed by atoms with Gasteiger partial charge in [-0.3, -0.25) is 0 Å². The highest BCUT2D eigenvalue weighted by molar-refractivity contribution is 7.12. The molecule has 0 fully saturated rings. The van der Waals surface area contributed by atoms with Crippen LogP contribution in [0.5, 0.6) is 0 Å². The maximum Gasteiger partial charge on any atom is 0.348 e. The standard InChI is InChI=1S/C8H10O3S/c1-2-11-8(10)7-3-6(4-9)5-12-7/h3,5,9H,2,4H2,1H3. The lowest BCUT2D eigenvalue weighted by Crippen LogP contribution is -2.01. The summed E-state index contributed by atoms with van der Waals surface area (Å²) in [4.78, 5) is 11.6. The average molecular weight is 186 g/mol. The van der Waals surface area contributed by atoms with Crippen LogP contribution in [0.25, 0.3) is 0 Å². The zero-order valence-electron chi connectivity index (χ0n) is 6.74. The first-order valence-corrected chi connectivity index (χ1v) is 4.51. The normalized spacial score (nSPS) is 9.83. The minimum atomic E-state index is -0.317. The molecule has 12 heavy (non-hydrogen) atoms. The fourth-order valence-electron chi connectivity index (χ4n) is 0.768. The van der Waals surface area contributed by atoms with Crippen LogP contribution in [-0.2, 0) is 11.3 Å². The first kappa shape index (κ1) is 9.22. The van der Waals surface area contributed by atoms with Gasteiger partial charge < -0.3 is 9.84 Å². The van der Waals surface area contributed by atoms with Crippen molar-refractivity contribution in [3.05, 3.63) is 21.9 Å². The van der Waals surface area contributed by atoms with E-state index in [0.717, 1.165) is 5.56 Å². The highest BCUT2D eigenvalue weighted by atomic mass is 32.1. The van der Waals surface area contributed by atoms with Gasteiger partial charge in [-0.15, -0.1) is 11.3 Å². The van der Waals surface area contributed by atoms with E-state index in [2.05, 4.69) is 0 Å². The zero-order valence-corrected chi connectivity index (χ0v) is 7.56. The maximum atomic E-state index is 11.1. The van der Waals surface area contributed by atoms with Gasteiger partial charge in [0.15, 0.2) is 0 Å². The highest BCUT2D eigenvalue weighted by Crippen LogP contribution is 2.15. The molecule has 1 heterocycles. The lowest BCUT2D eigenvalue weighted by molar-refractivity contribution is 0.0532. The van der Waals surface area contributed by atoms with E-state index in [1.807, 2.05) is 0 Å². The largest absolute Gasteiger partial charge is 0.462 e. The molecule has 1 N–H and O–H groups in total. The quantitative estimate of drug-likeness (QED) is 0.726. The predicted molar refractivity (Wildman–Crippen MR) is 46.2 cm³/mol. The van der Waals surface area contributed by atoms with Crippen molar-refractivity contribution in [3.63, 3.8) is 0 Å². The molecule has 0 spiro atoms. The second-order valence-electron chi connectivity index (χ2n) is 2.20. The Morgan fingerprint density at radius 3 is 3.00 bits per heavy atom. The van der Waals surface area contributed by atoms with Gasteiger partial charge in [0.2, 0.25) is 0 Å². The summed E-state index contributed by atoms with van der Waals surface area (Å²) in [6.45, 7) is 2.11. The van der Waals surface area contributed by atoms with E-state index in [0.29, 0.717) is 11.5 Å². The van der Waals surface area contributed by atoms with Crippen LogP contribution in [-0.4, -0.2) is 17.7 Å². The smallest absolute Gasteiger partial charge is 0.348 e. The van der Waals surface area contributed by atoms with Crippen molar-refractivity contribution in [2.75, 3.05) is 6.61 Å². The second kappa shape index (κ2) is 4.23. The van der Waals surface area contributed by atoms with Crippen LogP contribution >= 0.6 is 11.3 Å². The van der Waals surface area contributed by atoms with E-state index in [1.54, 1.807) is 18.4 Å². The summed E-state index contributed by atoms with van der Waals surface area (Å²) in [6, 6.07) is 1.64. The summed E-state index contributed by atoms with van der Waals surface area (Å²) in [5.74, 6) is -0.317. The molecule has 4 heteroatoms. The molecule has 1 aromatic rings. The summed E-state index contributed by atoms with van der Waals surface area (Å²) >= 11 is 1.29. The van der Waals surface area contributed by atoms with Crippen molar-refractivity contribution in [1.82, 2.24) is 0 Å². The number of hydrogen-bond acceptors (Lipinski definition) is 4. The Morgan fingerprint density at radius 1 is 1.75 bits per heavy atom. The monoisotopic (exact) mass is 186 g/mol. The van der Waals surface area contributed by atoms with Crippen LogP contribution in [0.2, 0.25) is 0 Å². The summed E-state index contributed by atoms with van der Waals surface area (Å²) < 4.78 is 4.78. The highest BCUT2D eigenvalue weighted by Gasteiger charge is 2.08. The van der Waals surface area contributed by atoms with Crippen LogP contribution in [0.1, 0.15) is 22.2 Å². The first-order chi connectivity index (χ1) is 5.77. The molecule has 1 aromatic heterocycles. The number of esters is 1. The Balaban J connectivity index is 2.68. The second-order valence-corrected chi connectivity index (χ2v) is 3.11. The Morgan fingerprint density at radius 2 is 2.50 bits per heavy atom. The van der Waals surface area contributed by atoms with E-state index < -0.39 is 0 Å². The minimum absolute atomic E-state index is 0.0318. The van der Waals surface area contributed by atoms with Crippen LogP contribution in [0.4, 0.5) is 0 Å². The number of aliphatic hydroxyl groups excluding tert-OH is 1. The van der Waals surface area contributed by atoms with Gasteiger partial charge in [-0.1, -0.05) is 0 Å². The Bertz CT molecular complexity index is 267. The number of ether oxygens (including phenoxy) is 1. The van der Waals surface area contributed by atoms with Gasteiger partial charge in [0.05, 0.1) is 13.2 Å². The Labute approximate surface area is 74.6 Å². The first-order valence-electron chi connectivity index (χ1n) is 3.63. The van der Waals surface area contributed by atoms with E-state index >= 15 is 0 Å². The molecule has 0 radical (unpaired) electrons. The third kappa shape index (κ3) is 2.06. The number of aliphatic hydroxyl groups is 1. The number of thiophene rings is 1. The molecule has 1 rings (SSSR count). The molecule has 0 saturated carbocycles. The van der Waals surface area contributed by atoms with Gasteiger partial charge in [0, 0.05) is 0 Å². The SMILES string of the molecule is CCOC(=O)c1cc(CO)cs1. The Kier molecular flexibility index (Phi) is 3.25. The fraction of sp³-hybridized carbons (Fsp3) is 0.375. The summed E-state index contributed by atoms with van der Waals surface area (Å²) in [5, 5.41) is 10.5. The zero-order chi connectivity index (χ0) is 8.97. The number of rotatable bonds is 3. The van der Waals surface area contributed by atoms with E-state index in [1.165, 1.54) is 11.3 Å². The lowest BCUT2D eigenvalue weighted by Gasteiger charge is -1.96. The molecule has 0 unspecified atom stereocenters. The number of carbonyl (C=O) groups is 1. The van der Waals surface area contributed by atoms with Crippen molar-refractivity contribution in [3.8, 4) is 0 Å². The summed E-state index contributed by atoms with van der Waals surface area (Å²) in [7, 11) is 0. The van der Waals surface area contributed by atoms with Crippen molar-refractivity contribution < 1.29 is 14.6 Å². The molecule has 0 saturated heterocycles. The van der Waals surface area contributed by atoms with Crippen molar-refractivity contribution in [2.24, 2.45) is 0 Å². The van der Waals surface area contributed by atoms with E-state index in [4.69, 9.17) is 9.84 Å². The van der Waals surface area contributed by atoms with Crippen molar-refractivity contribution in [2.45, 2.75) is 13.5 Å². The fourth-order valence-corrected chi connectivity index (χ4v) is 1.56. The molecule has 0 aliphatic carbocycles. The van der Waals surface area contributed by atoms with Gasteiger partial charge in [-0.2, -0.15) is 0 Å². The third-order valence-electron chi connectivity index (χ3n) is 1.31. The molecule has 0 aliphatic rings. The van der Waals surface area contributed by atoms with Crippen LogP contribution < -0.4 is 0 Å². The molecular formula is C8H10O3S. The molecule has 0 aromatic carbocycles. The third-order valence-corrected chi connectivity index (χ3v) is 2.27. The van der Waals surface area contributed by atoms with Crippen molar-refractivity contribution in [1.29, 1.82) is 0 Å². The van der Waals surface area contributed by atoms with Gasteiger partial charge in [0.1, 0.15) is 4.88 Å². The van der Waals surface area contributed by atoms with E-state index in [-0.39, 0.29) is 12.6 Å². The molecule has 0 aliphatic heterocycles. The molecule has 66 valence electrons. The molecule has 0 atom stereocenters.